The molecule has 1 aromatic carbocycles. The highest BCUT2D eigenvalue weighted by Gasteiger charge is 2.13. The van der Waals surface area contributed by atoms with Gasteiger partial charge in [-0.2, -0.15) is 5.10 Å². The van der Waals surface area contributed by atoms with Crippen molar-refractivity contribution in [2.45, 2.75) is 38.1 Å². The van der Waals surface area contributed by atoms with Crippen molar-refractivity contribution >= 4 is 23.5 Å². The van der Waals surface area contributed by atoms with Gasteiger partial charge in [-0.1, -0.05) is 31.4 Å². The minimum absolute atomic E-state index is 0.491. The van der Waals surface area contributed by atoms with Crippen LogP contribution in [0.25, 0.3) is 0 Å². The highest BCUT2D eigenvalue weighted by molar-refractivity contribution is 7.80. The average Bonchev–Trinajstić information content (AvgIpc) is 2.49. The lowest BCUT2D eigenvalue weighted by Crippen LogP contribution is -2.40. The molecule has 0 amide bonds. The summed E-state index contributed by atoms with van der Waals surface area (Å²) in [6, 6.07) is 8.22. The van der Waals surface area contributed by atoms with E-state index in [4.69, 9.17) is 17.0 Å². The smallest absolute Gasteiger partial charge is 0.187 e. The predicted octanol–water partition coefficient (Wildman–Crippen LogP) is 2.83. The maximum atomic E-state index is 5.26. The summed E-state index contributed by atoms with van der Waals surface area (Å²) in [5.74, 6) is 0.796. The van der Waals surface area contributed by atoms with Crippen LogP contribution in [0, 0.1) is 0 Å². The van der Waals surface area contributed by atoms with Crippen molar-refractivity contribution < 1.29 is 4.74 Å². The molecule has 20 heavy (non-hydrogen) atoms. The van der Waals surface area contributed by atoms with Crippen molar-refractivity contribution in [3.05, 3.63) is 29.8 Å². The Morgan fingerprint density at radius 3 is 2.80 bits per heavy atom. The molecule has 0 heterocycles. The Hall–Kier alpha value is -1.62. The van der Waals surface area contributed by atoms with Gasteiger partial charge in [0.05, 0.1) is 13.3 Å². The molecule has 0 unspecified atom stereocenters. The van der Waals surface area contributed by atoms with E-state index in [2.05, 4.69) is 15.8 Å². The van der Waals surface area contributed by atoms with E-state index in [1.165, 1.54) is 32.1 Å². The van der Waals surface area contributed by atoms with Crippen LogP contribution >= 0.6 is 12.2 Å². The fraction of sp³-hybridized carbons (Fsp3) is 0.467. The zero-order valence-corrected chi connectivity index (χ0v) is 12.6. The van der Waals surface area contributed by atoms with Gasteiger partial charge in [0.1, 0.15) is 5.75 Å². The van der Waals surface area contributed by atoms with E-state index in [1.54, 1.807) is 13.3 Å². The van der Waals surface area contributed by atoms with Crippen molar-refractivity contribution in [1.82, 2.24) is 10.7 Å². The minimum Gasteiger partial charge on any atom is -0.496 e. The Balaban J connectivity index is 1.81. The lowest BCUT2D eigenvalue weighted by Gasteiger charge is -2.23. The van der Waals surface area contributed by atoms with Crippen LogP contribution in [0.5, 0.6) is 5.75 Å². The molecule has 4 nitrogen and oxygen atoms in total. The zero-order chi connectivity index (χ0) is 14.2. The zero-order valence-electron chi connectivity index (χ0n) is 11.8. The van der Waals surface area contributed by atoms with E-state index >= 15 is 0 Å². The third-order valence-electron chi connectivity index (χ3n) is 3.45. The Bertz CT molecular complexity index is 470. The summed E-state index contributed by atoms with van der Waals surface area (Å²) in [5.41, 5.74) is 3.78. The number of ether oxygens (including phenoxy) is 1. The van der Waals surface area contributed by atoms with Crippen molar-refractivity contribution in [1.29, 1.82) is 0 Å². The summed E-state index contributed by atoms with van der Waals surface area (Å²) in [4.78, 5) is 0. The number of benzene rings is 1. The monoisotopic (exact) mass is 291 g/mol. The van der Waals surface area contributed by atoms with Crippen molar-refractivity contribution in [3.63, 3.8) is 0 Å². The lowest BCUT2D eigenvalue weighted by molar-refractivity contribution is 0.412. The first-order valence-electron chi connectivity index (χ1n) is 7.02. The molecule has 1 aromatic rings. The van der Waals surface area contributed by atoms with Crippen LogP contribution in [0.4, 0.5) is 0 Å². The Kier molecular flexibility index (Phi) is 5.80. The van der Waals surface area contributed by atoms with Gasteiger partial charge in [0.15, 0.2) is 5.11 Å². The van der Waals surface area contributed by atoms with Crippen molar-refractivity contribution in [3.8, 4) is 5.75 Å². The first kappa shape index (κ1) is 14.8. The van der Waals surface area contributed by atoms with Gasteiger partial charge in [0, 0.05) is 11.6 Å². The van der Waals surface area contributed by atoms with E-state index in [9.17, 15) is 0 Å². The molecule has 1 fully saturated rings. The van der Waals surface area contributed by atoms with E-state index < -0.39 is 0 Å². The number of para-hydroxylation sites is 1. The maximum absolute atomic E-state index is 5.26. The van der Waals surface area contributed by atoms with Gasteiger partial charge in [-0.3, -0.25) is 5.43 Å². The van der Waals surface area contributed by atoms with E-state index in [1.807, 2.05) is 24.3 Å². The summed E-state index contributed by atoms with van der Waals surface area (Å²) in [6.07, 6.45) is 8.00. The predicted molar refractivity (Wildman–Crippen MR) is 86.3 cm³/mol. The third kappa shape index (κ3) is 4.49. The number of nitrogens with one attached hydrogen (secondary N) is 2. The average molecular weight is 291 g/mol. The molecule has 0 bridgehead atoms. The highest BCUT2D eigenvalue weighted by Crippen LogP contribution is 2.17. The van der Waals surface area contributed by atoms with E-state index in [0.29, 0.717) is 11.2 Å². The van der Waals surface area contributed by atoms with Crippen LogP contribution in [0.15, 0.2) is 29.4 Å². The molecule has 1 aliphatic carbocycles. The number of rotatable bonds is 4. The first-order valence-corrected chi connectivity index (χ1v) is 7.43. The van der Waals surface area contributed by atoms with Crippen molar-refractivity contribution in [2.75, 3.05) is 7.11 Å². The molecular formula is C15H21N3OS. The molecule has 0 aliphatic heterocycles. The lowest BCUT2D eigenvalue weighted by atomic mass is 9.96. The van der Waals surface area contributed by atoms with Gasteiger partial charge in [-0.05, 0) is 37.2 Å². The number of hydrogen-bond acceptors (Lipinski definition) is 3. The first-order chi connectivity index (χ1) is 9.79. The van der Waals surface area contributed by atoms with Gasteiger partial charge < -0.3 is 10.1 Å². The molecule has 1 aliphatic rings. The van der Waals surface area contributed by atoms with Gasteiger partial charge in [-0.15, -0.1) is 0 Å². The topological polar surface area (TPSA) is 45.6 Å². The fourth-order valence-corrected chi connectivity index (χ4v) is 2.62. The molecule has 0 atom stereocenters. The molecule has 0 aromatic heterocycles. The molecule has 2 rings (SSSR count). The molecular weight excluding hydrogens is 270 g/mol. The van der Waals surface area contributed by atoms with Gasteiger partial charge in [0.2, 0.25) is 0 Å². The second kappa shape index (κ2) is 7.85. The highest BCUT2D eigenvalue weighted by atomic mass is 32.1. The second-order valence-electron chi connectivity index (χ2n) is 4.92. The number of nitrogens with zero attached hydrogens (tertiary/aromatic N) is 1. The molecule has 0 saturated heterocycles. The standard InChI is InChI=1S/C15H21N3OS/c1-19-14-10-6-5-7-12(14)11-16-18-15(20)17-13-8-3-2-4-9-13/h5-7,10-11,13H,2-4,8-9H2,1H3,(H2,17,18,20)/b16-11-. The molecule has 108 valence electrons. The molecule has 0 spiro atoms. The van der Waals surface area contributed by atoms with Crippen LogP contribution in [-0.4, -0.2) is 24.5 Å². The normalized spacial score (nSPS) is 16.1. The van der Waals surface area contributed by atoms with Gasteiger partial charge in [-0.25, -0.2) is 0 Å². The molecule has 2 N–H and O–H groups in total. The van der Waals surface area contributed by atoms with Crippen LogP contribution in [0.2, 0.25) is 0 Å². The van der Waals surface area contributed by atoms with Crippen LogP contribution in [0.3, 0.4) is 0 Å². The Morgan fingerprint density at radius 1 is 1.30 bits per heavy atom. The maximum Gasteiger partial charge on any atom is 0.187 e. The van der Waals surface area contributed by atoms with E-state index in [0.717, 1.165) is 11.3 Å². The van der Waals surface area contributed by atoms with Gasteiger partial charge >= 0.3 is 0 Å². The number of hydrazone groups is 1. The number of hydrogen-bond donors (Lipinski definition) is 2. The third-order valence-corrected chi connectivity index (χ3v) is 3.66. The van der Waals surface area contributed by atoms with Gasteiger partial charge in [0.25, 0.3) is 0 Å². The minimum atomic E-state index is 0.491. The molecule has 0 radical (unpaired) electrons. The molecule has 1 saturated carbocycles. The van der Waals surface area contributed by atoms with Crippen molar-refractivity contribution in [2.24, 2.45) is 5.10 Å². The quantitative estimate of drug-likeness (QED) is 0.509. The van der Waals surface area contributed by atoms with Crippen LogP contribution < -0.4 is 15.5 Å². The fourth-order valence-electron chi connectivity index (χ4n) is 2.40. The molecule has 5 heteroatoms. The number of thiocarbonyl (C=S) groups is 1. The summed E-state index contributed by atoms with van der Waals surface area (Å²) in [6.45, 7) is 0. The number of methoxy groups -OCH3 is 1. The van der Waals surface area contributed by atoms with Crippen LogP contribution in [0.1, 0.15) is 37.7 Å². The summed E-state index contributed by atoms with van der Waals surface area (Å²) in [7, 11) is 1.65. The Morgan fingerprint density at radius 2 is 2.05 bits per heavy atom. The largest absolute Gasteiger partial charge is 0.496 e. The summed E-state index contributed by atoms with van der Waals surface area (Å²) in [5, 5.41) is 8.05. The van der Waals surface area contributed by atoms with Crippen LogP contribution in [-0.2, 0) is 0 Å². The SMILES string of the molecule is COc1ccccc1/C=N\NC(=S)NC1CCCCC1. The van der Waals surface area contributed by atoms with E-state index in [-0.39, 0.29) is 0 Å². The summed E-state index contributed by atoms with van der Waals surface area (Å²) < 4.78 is 5.26. The summed E-state index contributed by atoms with van der Waals surface area (Å²) >= 11 is 5.24. The Labute approximate surface area is 125 Å². The second-order valence-corrected chi connectivity index (χ2v) is 5.33.